The molecule has 1 heterocycles. The Hall–Kier alpha value is -2.74. The Balaban J connectivity index is 1.83. The molecule has 1 N–H and O–H groups in total. The highest BCUT2D eigenvalue weighted by Crippen LogP contribution is 2.06. The third kappa shape index (κ3) is 6.64. The second kappa shape index (κ2) is 9.10. The van der Waals surface area contributed by atoms with Crippen LogP contribution in [0.3, 0.4) is 0 Å². The minimum absolute atomic E-state index is 0.384. The molecule has 8 heteroatoms. The van der Waals surface area contributed by atoms with Gasteiger partial charge >= 0.3 is 0 Å². The number of likely N-dealkylation sites (N-methyl/N-ethyl adjacent to an activating group) is 1. The van der Waals surface area contributed by atoms with Crippen molar-refractivity contribution in [2.45, 2.75) is 6.42 Å². The first-order valence-electron chi connectivity index (χ1n) is 8.04. The molecule has 0 saturated carbocycles. The summed E-state index contributed by atoms with van der Waals surface area (Å²) >= 11 is 0. The normalized spacial score (nSPS) is 11.0. The quantitative estimate of drug-likeness (QED) is 0.746. The molecule has 2 aromatic rings. The van der Waals surface area contributed by atoms with E-state index in [1.54, 1.807) is 49.8 Å². The summed E-state index contributed by atoms with van der Waals surface area (Å²) in [5, 5.41) is 2.50. The molecule has 7 nitrogen and oxygen atoms in total. The number of aromatic nitrogens is 1. The van der Waals surface area contributed by atoms with Gasteiger partial charge < -0.3 is 10.2 Å². The topological polar surface area (TPSA) is 96.4 Å². The van der Waals surface area contributed by atoms with Crippen LogP contribution in [0.25, 0.3) is 0 Å². The molecule has 0 saturated heterocycles. The lowest BCUT2D eigenvalue weighted by Crippen LogP contribution is -2.36. The van der Waals surface area contributed by atoms with E-state index < -0.39 is 33.2 Å². The molecule has 0 aliphatic rings. The van der Waals surface area contributed by atoms with Gasteiger partial charge in [0.25, 0.3) is 0 Å². The van der Waals surface area contributed by atoms with Crippen molar-refractivity contribution in [3.05, 3.63) is 60.4 Å². The van der Waals surface area contributed by atoms with Gasteiger partial charge in [0, 0.05) is 31.7 Å². The first-order chi connectivity index (χ1) is 12.4. The Morgan fingerprint density at radius 1 is 1.04 bits per heavy atom. The van der Waals surface area contributed by atoms with E-state index in [9.17, 15) is 18.0 Å². The van der Waals surface area contributed by atoms with E-state index in [0.717, 1.165) is 5.56 Å². The molecule has 0 spiro atoms. The minimum atomic E-state index is -3.84. The summed E-state index contributed by atoms with van der Waals surface area (Å²) in [6.45, 7) is 0.384. The maximum absolute atomic E-state index is 12.1. The summed E-state index contributed by atoms with van der Waals surface area (Å²) in [6.07, 6.45) is 3.92. The number of nitrogens with one attached hydrogen (secondary N) is 1. The monoisotopic (exact) mass is 375 g/mol. The Morgan fingerprint density at radius 3 is 2.35 bits per heavy atom. The number of hydrogen-bond acceptors (Lipinski definition) is 5. The summed E-state index contributed by atoms with van der Waals surface area (Å²) in [4.78, 5) is 29.3. The summed E-state index contributed by atoms with van der Waals surface area (Å²) < 4.78 is 24.2. The SMILES string of the molecule is CN(CCc1ccncc1)C(=O)CS(=O)(=O)CC(=O)Nc1ccccc1. The Morgan fingerprint density at radius 2 is 1.69 bits per heavy atom. The number of carbonyl (C=O) groups is 2. The van der Waals surface area contributed by atoms with Crippen molar-refractivity contribution in [3.8, 4) is 0 Å². The van der Waals surface area contributed by atoms with E-state index >= 15 is 0 Å². The van der Waals surface area contributed by atoms with Gasteiger partial charge in [-0.05, 0) is 36.2 Å². The van der Waals surface area contributed by atoms with Gasteiger partial charge in [0.15, 0.2) is 9.84 Å². The van der Waals surface area contributed by atoms with Crippen LogP contribution in [-0.4, -0.2) is 55.2 Å². The van der Waals surface area contributed by atoms with Crippen molar-refractivity contribution in [2.24, 2.45) is 0 Å². The Labute approximate surface area is 153 Å². The average molecular weight is 375 g/mol. The van der Waals surface area contributed by atoms with E-state index in [0.29, 0.717) is 18.7 Å². The Kier molecular flexibility index (Phi) is 6.85. The highest BCUT2D eigenvalue weighted by molar-refractivity contribution is 7.92. The summed E-state index contributed by atoms with van der Waals surface area (Å²) in [5.74, 6) is -2.62. The maximum atomic E-state index is 12.1. The van der Waals surface area contributed by atoms with Crippen LogP contribution < -0.4 is 5.32 Å². The second-order valence-corrected chi connectivity index (χ2v) is 7.93. The highest BCUT2D eigenvalue weighted by Gasteiger charge is 2.23. The van der Waals surface area contributed by atoms with E-state index in [1.165, 1.54) is 4.90 Å². The fourth-order valence-electron chi connectivity index (χ4n) is 2.24. The van der Waals surface area contributed by atoms with Crippen molar-refractivity contribution in [1.29, 1.82) is 0 Å². The molecule has 0 aliphatic carbocycles. The van der Waals surface area contributed by atoms with Crippen molar-refractivity contribution in [3.63, 3.8) is 0 Å². The smallest absolute Gasteiger partial charge is 0.239 e. The van der Waals surface area contributed by atoms with Gasteiger partial charge in [0.1, 0.15) is 11.5 Å². The van der Waals surface area contributed by atoms with E-state index in [2.05, 4.69) is 10.3 Å². The van der Waals surface area contributed by atoms with Crippen LogP contribution in [0.15, 0.2) is 54.9 Å². The van der Waals surface area contributed by atoms with E-state index in [4.69, 9.17) is 0 Å². The number of hydrogen-bond donors (Lipinski definition) is 1. The molecule has 0 aliphatic heterocycles. The standard InChI is InChI=1S/C18H21N3O4S/c1-21(12-9-15-7-10-19-11-8-15)18(23)14-26(24,25)13-17(22)20-16-5-3-2-4-6-16/h2-8,10-11H,9,12-14H2,1H3,(H,20,22). The van der Waals surface area contributed by atoms with Gasteiger partial charge in [-0.1, -0.05) is 18.2 Å². The van der Waals surface area contributed by atoms with Gasteiger partial charge in [-0.2, -0.15) is 0 Å². The molecule has 0 atom stereocenters. The number of benzene rings is 1. The number of carbonyl (C=O) groups excluding carboxylic acids is 2. The first-order valence-corrected chi connectivity index (χ1v) is 9.86. The molecule has 0 fully saturated rings. The highest BCUT2D eigenvalue weighted by atomic mass is 32.2. The van der Waals surface area contributed by atoms with Crippen LogP contribution in [0.5, 0.6) is 0 Å². The number of nitrogens with zero attached hydrogens (tertiary/aromatic N) is 2. The third-order valence-corrected chi connectivity index (χ3v) is 5.05. The molecule has 1 aromatic heterocycles. The molecular formula is C18H21N3O4S. The van der Waals surface area contributed by atoms with Crippen LogP contribution in [0.1, 0.15) is 5.56 Å². The first kappa shape index (κ1) is 19.6. The average Bonchev–Trinajstić information content (AvgIpc) is 2.60. The van der Waals surface area contributed by atoms with Crippen molar-refractivity contribution in [1.82, 2.24) is 9.88 Å². The zero-order valence-electron chi connectivity index (χ0n) is 14.5. The molecular weight excluding hydrogens is 354 g/mol. The lowest BCUT2D eigenvalue weighted by molar-refractivity contribution is -0.127. The third-order valence-electron chi connectivity index (χ3n) is 3.66. The Bertz CT molecular complexity index is 839. The summed E-state index contributed by atoms with van der Waals surface area (Å²) in [6, 6.07) is 12.2. The van der Waals surface area contributed by atoms with Gasteiger partial charge in [0.2, 0.25) is 11.8 Å². The zero-order valence-corrected chi connectivity index (χ0v) is 15.3. The number of rotatable bonds is 8. The zero-order chi connectivity index (χ0) is 19.0. The predicted molar refractivity (Wildman–Crippen MR) is 99.3 cm³/mol. The van der Waals surface area contributed by atoms with Gasteiger partial charge in [-0.15, -0.1) is 0 Å². The number of sulfone groups is 1. The summed E-state index contributed by atoms with van der Waals surface area (Å²) in [5.41, 5.74) is 1.51. The van der Waals surface area contributed by atoms with Crippen LogP contribution in [0.2, 0.25) is 0 Å². The lowest BCUT2D eigenvalue weighted by Gasteiger charge is -2.17. The summed E-state index contributed by atoms with van der Waals surface area (Å²) in [7, 11) is -2.30. The molecule has 1 aromatic carbocycles. The molecule has 26 heavy (non-hydrogen) atoms. The van der Waals surface area contributed by atoms with E-state index in [1.807, 2.05) is 12.1 Å². The van der Waals surface area contributed by atoms with Crippen molar-refractivity contribution < 1.29 is 18.0 Å². The van der Waals surface area contributed by atoms with Gasteiger partial charge in [-0.25, -0.2) is 8.42 Å². The van der Waals surface area contributed by atoms with E-state index in [-0.39, 0.29) is 0 Å². The number of pyridine rings is 1. The number of anilines is 1. The molecule has 2 amide bonds. The van der Waals surface area contributed by atoms with Crippen LogP contribution in [0.4, 0.5) is 5.69 Å². The van der Waals surface area contributed by atoms with Crippen molar-refractivity contribution in [2.75, 3.05) is 30.4 Å². The fraction of sp³-hybridized carbons (Fsp3) is 0.278. The second-order valence-electron chi connectivity index (χ2n) is 5.87. The fourth-order valence-corrected chi connectivity index (χ4v) is 3.41. The largest absolute Gasteiger partial charge is 0.345 e. The predicted octanol–water partition coefficient (Wildman–Crippen LogP) is 1.14. The molecule has 138 valence electrons. The lowest BCUT2D eigenvalue weighted by atomic mass is 10.2. The van der Waals surface area contributed by atoms with Crippen LogP contribution >= 0.6 is 0 Å². The van der Waals surface area contributed by atoms with Crippen molar-refractivity contribution >= 4 is 27.3 Å². The number of para-hydroxylation sites is 1. The van der Waals surface area contributed by atoms with Crippen LogP contribution in [-0.2, 0) is 25.8 Å². The molecule has 0 radical (unpaired) electrons. The van der Waals surface area contributed by atoms with Gasteiger partial charge in [0.05, 0.1) is 0 Å². The maximum Gasteiger partial charge on any atom is 0.239 e. The molecule has 0 unspecified atom stereocenters. The molecule has 2 rings (SSSR count). The minimum Gasteiger partial charge on any atom is -0.345 e. The van der Waals surface area contributed by atoms with Crippen LogP contribution in [0, 0.1) is 0 Å². The van der Waals surface area contributed by atoms with Gasteiger partial charge in [-0.3, -0.25) is 14.6 Å². The molecule has 0 bridgehead atoms. The number of amides is 2.